The van der Waals surface area contributed by atoms with Crippen LogP contribution in [-0.2, 0) is 4.79 Å². The van der Waals surface area contributed by atoms with E-state index in [1.54, 1.807) is 0 Å². The van der Waals surface area contributed by atoms with Crippen LogP contribution in [0.1, 0.15) is 0 Å². The smallest absolute Gasteiger partial charge is 0.295 e. The minimum Gasteiger partial charge on any atom is -0.364 e. The molecule has 1 heterocycles. The largest absolute Gasteiger partial charge is 0.364 e. The van der Waals surface area contributed by atoms with Crippen LogP contribution < -0.4 is 10.2 Å². The number of imide groups is 1. The maximum absolute atomic E-state index is 13.0. The second kappa shape index (κ2) is 6.10. The number of para-hydroxylation sites is 1. The first-order valence-corrected chi connectivity index (χ1v) is 8.05. The number of hydrogen-bond acceptors (Lipinski definition) is 4. The van der Waals surface area contributed by atoms with Crippen molar-refractivity contribution >= 4 is 50.2 Å². The highest BCUT2D eigenvalue weighted by molar-refractivity contribution is 9.10. The molecule has 1 saturated heterocycles. The number of amides is 2. The third-order valence-corrected chi connectivity index (χ3v) is 4.72. The molecule has 7 heteroatoms. The lowest BCUT2D eigenvalue weighted by molar-refractivity contribution is -0.116. The van der Waals surface area contributed by atoms with E-state index in [9.17, 15) is 14.0 Å². The first-order chi connectivity index (χ1) is 10.6. The van der Waals surface area contributed by atoms with E-state index in [-0.39, 0.29) is 11.1 Å². The Kier molecular flexibility index (Phi) is 4.17. The predicted molar refractivity (Wildman–Crippen MR) is 88.4 cm³/mol. The van der Waals surface area contributed by atoms with Crippen molar-refractivity contribution in [2.45, 2.75) is 5.37 Å². The van der Waals surface area contributed by atoms with Gasteiger partial charge in [0.15, 0.2) is 5.37 Å². The molecule has 0 saturated carbocycles. The maximum Gasteiger partial charge on any atom is 0.295 e. The van der Waals surface area contributed by atoms with E-state index in [1.165, 1.54) is 24.3 Å². The van der Waals surface area contributed by atoms with Crippen molar-refractivity contribution in [1.29, 1.82) is 0 Å². The Hall–Kier alpha value is -1.86. The molecule has 1 N–H and O–H groups in total. The van der Waals surface area contributed by atoms with Crippen LogP contribution in [0.25, 0.3) is 0 Å². The zero-order valence-corrected chi connectivity index (χ0v) is 13.5. The number of hydrogen-bond donors (Lipinski definition) is 1. The number of nitrogens with one attached hydrogen (secondary N) is 1. The summed E-state index contributed by atoms with van der Waals surface area (Å²) in [5.41, 5.74) is 1.09. The lowest BCUT2D eigenvalue weighted by Gasteiger charge is -2.15. The van der Waals surface area contributed by atoms with Gasteiger partial charge in [-0.1, -0.05) is 12.1 Å². The van der Waals surface area contributed by atoms with Crippen molar-refractivity contribution in [3.05, 3.63) is 58.8 Å². The number of thioether (sulfide) groups is 1. The molecule has 1 aliphatic heterocycles. The van der Waals surface area contributed by atoms with Crippen molar-refractivity contribution in [2.75, 3.05) is 10.2 Å². The predicted octanol–water partition coefficient (Wildman–Crippen LogP) is 4.23. The van der Waals surface area contributed by atoms with E-state index in [4.69, 9.17) is 0 Å². The van der Waals surface area contributed by atoms with E-state index in [1.807, 2.05) is 24.3 Å². The number of nitrogens with zero attached hydrogens (tertiary/aromatic N) is 1. The highest BCUT2D eigenvalue weighted by Crippen LogP contribution is 2.33. The Labute approximate surface area is 138 Å². The Morgan fingerprint density at radius 1 is 1.09 bits per heavy atom. The van der Waals surface area contributed by atoms with Crippen LogP contribution in [0.15, 0.2) is 53.0 Å². The van der Waals surface area contributed by atoms with Gasteiger partial charge in [0, 0.05) is 10.2 Å². The first-order valence-electron chi connectivity index (χ1n) is 6.37. The topological polar surface area (TPSA) is 49.4 Å². The molecular weight excluding hydrogens is 371 g/mol. The third kappa shape index (κ3) is 2.86. The molecule has 3 rings (SSSR count). The van der Waals surface area contributed by atoms with Crippen LogP contribution >= 0.6 is 27.7 Å². The van der Waals surface area contributed by atoms with E-state index in [0.29, 0.717) is 5.69 Å². The molecule has 0 aliphatic carbocycles. The Morgan fingerprint density at radius 3 is 2.45 bits per heavy atom. The number of carbonyl (C=O) groups is 2. The minimum absolute atomic E-state index is 0.361. The molecule has 2 aromatic carbocycles. The van der Waals surface area contributed by atoms with Gasteiger partial charge >= 0.3 is 0 Å². The molecule has 0 aromatic heterocycles. The molecule has 1 aliphatic rings. The molecule has 0 spiro atoms. The van der Waals surface area contributed by atoms with Crippen molar-refractivity contribution in [2.24, 2.45) is 0 Å². The molecule has 2 aromatic rings. The van der Waals surface area contributed by atoms with Crippen molar-refractivity contribution in [3.63, 3.8) is 0 Å². The number of rotatable bonds is 3. The van der Waals surface area contributed by atoms with Crippen LogP contribution in [0.5, 0.6) is 0 Å². The van der Waals surface area contributed by atoms with Gasteiger partial charge < -0.3 is 5.32 Å². The fourth-order valence-electron chi connectivity index (χ4n) is 2.04. The summed E-state index contributed by atoms with van der Waals surface area (Å²) >= 11 is 4.28. The Balaban J connectivity index is 1.82. The standard InChI is InChI=1S/C15H10BrFN2O2S/c16-11-3-1-2-4-12(11)18-13-14(20)19(15(21)22-13)10-7-5-9(17)6-8-10/h1-8,13,18H/t13-/m0/s1. The number of anilines is 2. The van der Waals surface area contributed by atoms with Crippen LogP contribution in [0.2, 0.25) is 0 Å². The molecule has 0 unspecified atom stereocenters. The molecule has 22 heavy (non-hydrogen) atoms. The SMILES string of the molecule is O=C1S[C@H](Nc2ccccc2Br)C(=O)N1c1ccc(F)cc1. The molecular formula is C15H10BrFN2O2S. The highest BCUT2D eigenvalue weighted by atomic mass is 79.9. The highest BCUT2D eigenvalue weighted by Gasteiger charge is 2.40. The van der Waals surface area contributed by atoms with Gasteiger partial charge in [0.25, 0.3) is 11.1 Å². The molecule has 112 valence electrons. The normalized spacial score (nSPS) is 17.9. The molecule has 4 nitrogen and oxygen atoms in total. The monoisotopic (exact) mass is 380 g/mol. The maximum atomic E-state index is 13.0. The number of carbonyl (C=O) groups excluding carboxylic acids is 2. The molecule has 0 bridgehead atoms. The summed E-state index contributed by atoms with van der Waals surface area (Å²) < 4.78 is 13.8. The van der Waals surface area contributed by atoms with Gasteiger partial charge in [-0.2, -0.15) is 0 Å². The summed E-state index contributed by atoms with van der Waals surface area (Å²) in [5.74, 6) is -0.796. The van der Waals surface area contributed by atoms with Gasteiger partial charge in [0.1, 0.15) is 5.82 Å². The molecule has 0 radical (unpaired) electrons. The van der Waals surface area contributed by atoms with Gasteiger partial charge in [0.2, 0.25) is 0 Å². The van der Waals surface area contributed by atoms with Crippen molar-refractivity contribution in [3.8, 4) is 0 Å². The first kappa shape index (κ1) is 15.1. The van der Waals surface area contributed by atoms with E-state index in [0.717, 1.165) is 26.8 Å². The molecule has 1 fully saturated rings. The van der Waals surface area contributed by atoms with Crippen LogP contribution in [0.3, 0.4) is 0 Å². The molecule has 2 amide bonds. The summed E-state index contributed by atoms with van der Waals surface area (Å²) in [6.45, 7) is 0. The van der Waals surface area contributed by atoms with E-state index < -0.39 is 11.2 Å². The number of halogens is 2. The average molecular weight is 381 g/mol. The summed E-state index contributed by atoms with van der Waals surface area (Å²) in [6, 6.07) is 12.6. The van der Waals surface area contributed by atoms with Gasteiger partial charge in [0.05, 0.1) is 5.69 Å². The lowest BCUT2D eigenvalue weighted by atomic mass is 10.3. The van der Waals surface area contributed by atoms with Crippen LogP contribution in [0.4, 0.5) is 20.6 Å². The fraction of sp³-hybridized carbons (Fsp3) is 0.0667. The minimum atomic E-state index is -0.712. The zero-order chi connectivity index (χ0) is 15.7. The quantitative estimate of drug-likeness (QED) is 0.865. The zero-order valence-electron chi connectivity index (χ0n) is 11.1. The summed E-state index contributed by atoms with van der Waals surface area (Å²) in [7, 11) is 0. The second-order valence-corrected chi connectivity index (χ2v) is 6.45. The van der Waals surface area contributed by atoms with Crippen LogP contribution in [0, 0.1) is 5.82 Å². The second-order valence-electron chi connectivity index (χ2n) is 4.54. The summed E-state index contributed by atoms with van der Waals surface area (Å²) in [5, 5.41) is 1.93. The van der Waals surface area contributed by atoms with Gasteiger partial charge in [-0.05, 0) is 64.1 Å². The van der Waals surface area contributed by atoms with Crippen molar-refractivity contribution < 1.29 is 14.0 Å². The third-order valence-electron chi connectivity index (χ3n) is 3.09. The van der Waals surface area contributed by atoms with Crippen molar-refractivity contribution in [1.82, 2.24) is 0 Å². The summed E-state index contributed by atoms with van der Waals surface area (Å²) in [4.78, 5) is 25.6. The average Bonchev–Trinajstić information content (AvgIpc) is 2.77. The van der Waals surface area contributed by atoms with E-state index in [2.05, 4.69) is 21.2 Å². The Bertz CT molecular complexity index is 739. The van der Waals surface area contributed by atoms with E-state index >= 15 is 0 Å². The molecule has 1 atom stereocenters. The van der Waals surface area contributed by atoms with Gasteiger partial charge in [-0.3, -0.25) is 9.59 Å². The van der Waals surface area contributed by atoms with Gasteiger partial charge in [-0.15, -0.1) is 0 Å². The van der Waals surface area contributed by atoms with Crippen LogP contribution in [-0.4, -0.2) is 16.5 Å². The fourth-order valence-corrected chi connectivity index (χ4v) is 3.34. The Morgan fingerprint density at radius 2 is 1.77 bits per heavy atom. The lowest BCUT2D eigenvalue weighted by Crippen LogP contribution is -2.34. The summed E-state index contributed by atoms with van der Waals surface area (Å²) in [6.07, 6.45) is 0. The van der Waals surface area contributed by atoms with Gasteiger partial charge in [-0.25, -0.2) is 9.29 Å². The number of benzene rings is 2.